The molecular formula is C13H15FN2O4. The second-order valence-electron chi connectivity index (χ2n) is 4.13. The van der Waals surface area contributed by atoms with Crippen molar-refractivity contribution in [1.82, 2.24) is 5.32 Å². The number of carbonyl (C=O) groups excluding carboxylic acids is 3. The molecule has 1 rings (SSSR count). The summed E-state index contributed by atoms with van der Waals surface area (Å²) in [5.41, 5.74) is 5.82. The van der Waals surface area contributed by atoms with Gasteiger partial charge in [-0.25, -0.2) is 4.39 Å². The van der Waals surface area contributed by atoms with Gasteiger partial charge in [0.2, 0.25) is 5.91 Å². The molecule has 1 aromatic carbocycles. The van der Waals surface area contributed by atoms with E-state index in [1.807, 2.05) is 0 Å². The van der Waals surface area contributed by atoms with Crippen molar-refractivity contribution in [1.29, 1.82) is 0 Å². The van der Waals surface area contributed by atoms with Gasteiger partial charge < -0.3 is 15.8 Å². The molecule has 0 aliphatic rings. The minimum absolute atomic E-state index is 0.126. The molecule has 20 heavy (non-hydrogen) atoms. The van der Waals surface area contributed by atoms with Crippen molar-refractivity contribution in [2.24, 2.45) is 5.73 Å². The van der Waals surface area contributed by atoms with Crippen molar-refractivity contribution in [3.8, 4) is 0 Å². The van der Waals surface area contributed by atoms with E-state index in [-0.39, 0.29) is 6.42 Å². The Balaban J connectivity index is 2.60. The fourth-order valence-electron chi connectivity index (χ4n) is 1.48. The van der Waals surface area contributed by atoms with E-state index in [0.29, 0.717) is 5.56 Å². The molecule has 3 N–H and O–H groups in total. The maximum atomic E-state index is 12.8. The molecule has 0 radical (unpaired) electrons. The predicted molar refractivity (Wildman–Crippen MR) is 67.9 cm³/mol. The van der Waals surface area contributed by atoms with E-state index in [1.165, 1.54) is 24.3 Å². The van der Waals surface area contributed by atoms with Gasteiger partial charge in [0.25, 0.3) is 5.91 Å². The number of primary amides is 1. The van der Waals surface area contributed by atoms with Crippen LogP contribution in [0.5, 0.6) is 0 Å². The maximum absolute atomic E-state index is 12.8. The zero-order chi connectivity index (χ0) is 15.1. The molecule has 7 heteroatoms. The topological polar surface area (TPSA) is 98.5 Å². The van der Waals surface area contributed by atoms with E-state index < -0.39 is 36.2 Å². The van der Waals surface area contributed by atoms with Crippen molar-refractivity contribution < 1.29 is 23.5 Å². The Morgan fingerprint density at radius 2 is 1.90 bits per heavy atom. The van der Waals surface area contributed by atoms with Gasteiger partial charge in [0, 0.05) is 13.3 Å². The van der Waals surface area contributed by atoms with Gasteiger partial charge in [-0.2, -0.15) is 0 Å². The van der Waals surface area contributed by atoms with Crippen LogP contribution >= 0.6 is 0 Å². The highest BCUT2D eigenvalue weighted by molar-refractivity contribution is 5.87. The Labute approximate surface area is 115 Å². The van der Waals surface area contributed by atoms with Gasteiger partial charge >= 0.3 is 5.97 Å². The van der Waals surface area contributed by atoms with Gasteiger partial charge in [-0.05, 0) is 17.7 Å². The van der Waals surface area contributed by atoms with Crippen LogP contribution in [0.25, 0.3) is 0 Å². The van der Waals surface area contributed by atoms with Crippen LogP contribution in [0.3, 0.4) is 0 Å². The summed E-state index contributed by atoms with van der Waals surface area (Å²) in [7, 11) is 0. The Morgan fingerprint density at radius 1 is 1.30 bits per heavy atom. The van der Waals surface area contributed by atoms with Crippen molar-refractivity contribution in [3.05, 3.63) is 35.6 Å². The first-order valence-corrected chi connectivity index (χ1v) is 5.85. The van der Waals surface area contributed by atoms with Crippen molar-refractivity contribution >= 4 is 17.8 Å². The summed E-state index contributed by atoms with van der Waals surface area (Å²) in [6.45, 7) is 0.680. The molecule has 1 aromatic rings. The first kappa shape index (κ1) is 15.6. The summed E-state index contributed by atoms with van der Waals surface area (Å²) < 4.78 is 17.3. The van der Waals surface area contributed by atoms with Crippen LogP contribution in [0, 0.1) is 5.82 Å². The standard InChI is InChI=1S/C13H15FN2O4/c1-8(17)20-7-12(18)16-11(13(15)19)6-9-2-4-10(14)5-3-9/h2-5,11H,6-7H2,1H3,(H2,15,19)(H,16,18)/t11-/m1/s1. The van der Waals surface area contributed by atoms with Crippen LogP contribution in [0.1, 0.15) is 12.5 Å². The van der Waals surface area contributed by atoms with E-state index in [9.17, 15) is 18.8 Å². The quantitative estimate of drug-likeness (QED) is 0.712. The van der Waals surface area contributed by atoms with Crippen LogP contribution in [0.4, 0.5) is 4.39 Å². The van der Waals surface area contributed by atoms with Gasteiger partial charge in [-0.1, -0.05) is 12.1 Å². The van der Waals surface area contributed by atoms with Crippen molar-refractivity contribution in [2.45, 2.75) is 19.4 Å². The summed E-state index contributed by atoms with van der Waals surface area (Å²) in [5.74, 6) is -2.37. The zero-order valence-corrected chi connectivity index (χ0v) is 10.9. The molecule has 0 saturated heterocycles. The number of benzene rings is 1. The monoisotopic (exact) mass is 282 g/mol. The number of nitrogens with two attached hydrogens (primary N) is 1. The van der Waals surface area contributed by atoms with Crippen LogP contribution in [-0.4, -0.2) is 30.4 Å². The number of halogens is 1. The highest BCUT2D eigenvalue weighted by Gasteiger charge is 2.19. The summed E-state index contributed by atoms with van der Waals surface area (Å²) in [4.78, 5) is 33.3. The molecule has 0 unspecified atom stereocenters. The smallest absolute Gasteiger partial charge is 0.303 e. The first-order chi connectivity index (χ1) is 9.38. The van der Waals surface area contributed by atoms with Crippen LogP contribution in [0.15, 0.2) is 24.3 Å². The molecular weight excluding hydrogens is 267 g/mol. The lowest BCUT2D eigenvalue weighted by Gasteiger charge is -2.15. The van der Waals surface area contributed by atoms with Gasteiger partial charge in [-0.15, -0.1) is 0 Å². The summed E-state index contributed by atoms with van der Waals surface area (Å²) in [5, 5.41) is 2.35. The zero-order valence-electron chi connectivity index (χ0n) is 10.9. The number of amides is 2. The lowest BCUT2D eigenvalue weighted by Crippen LogP contribution is -2.47. The normalized spacial score (nSPS) is 11.5. The lowest BCUT2D eigenvalue weighted by atomic mass is 10.1. The second kappa shape index (κ2) is 7.22. The number of hydrogen-bond donors (Lipinski definition) is 2. The minimum atomic E-state index is -0.955. The average molecular weight is 282 g/mol. The maximum Gasteiger partial charge on any atom is 0.303 e. The average Bonchev–Trinajstić information content (AvgIpc) is 2.38. The van der Waals surface area contributed by atoms with E-state index in [4.69, 9.17) is 5.73 Å². The van der Waals surface area contributed by atoms with Crippen LogP contribution in [0.2, 0.25) is 0 Å². The number of rotatable bonds is 6. The molecule has 6 nitrogen and oxygen atoms in total. The molecule has 0 aliphatic carbocycles. The molecule has 0 bridgehead atoms. The third-order valence-electron chi connectivity index (χ3n) is 2.44. The number of nitrogens with one attached hydrogen (secondary N) is 1. The summed E-state index contributed by atoms with van der Waals surface area (Å²) >= 11 is 0. The highest BCUT2D eigenvalue weighted by atomic mass is 19.1. The minimum Gasteiger partial charge on any atom is -0.456 e. The Hall–Kier alpha value is -2.44. The van der Waals surface area contributed by atoms with E-state index in [1.54, 1.807) is 0 Å². The predicted octanol–water partition coefficient (Wildman–Crippen LogP) is -0.0986. The molecule has 2 amide bonds. The molecule has 0 fully saturated rings. The van der Waals surface area contributed by atoms with Crippen molar-refractivity contribution in [3.63, 3.8) is 0 Å². The van der Waals surface area contributed by atoms with Gasteiger partial charge in [0.1, 0.15) is 11.9 Å². The Bertz CT molecular complexity index is 502. The fraction of sp³-hybridized carbons (Fsp3) is 0.308. The van der Waals surface area contributed by atoms with Crippen molar-refractivity contribution in [2.75, 3.05) is 6.61 Å². The molecule has 0 spiro atoms. The molecule has 0 saturated carbocycles. The molecule has 1 atom stereocenters. The van der Waals surface area contributed by atoms with Crippen LogP contribution < -0.4 is 11.1 Å². The molecule has 0 aromatic heterocycles. The number of carbonyl (C=O) groups is 3. The fourth-order valence-corrected chi connectivity index (χ4v) is 1.48. The summed E-state index contributed by atoms with van der Waals surface area (Å²) in [6, 6.07) is 4.51. The van der Waals surface area contributed by atoms with E-state index >= 15 is 0 Å². The Kier molecular flexibility index (Phi) is 5.64. The summed E-state index contributed by atoms with van der Waals surface area (Å²) in [6.07, 6.45) is 0.126. The van der Waals surface area contributed by atoms with Gasteiger partial charge in [-0.3, -0.25) is 14.4 Å². The second-order valence-corrected chi connectivity index (χ2v) is 4.13. The molecule has 0 aliphatic heterocycles. The largest absolute Gasteiger partial charge is 0.456 e. The van der Waals surface area contributed by atoms with E-state index in [2.05, 4.69) is 10.1 Å². The number of esters is 1. The first-order valence-electron chi connectivity index (χ1n) is 5.85. The Morgan fingerprint density at radius 3 is 2.40 bits per heavy atom. The molecule has 108 valence electrons. The van der Waals surface area contributed by atoms with Gasteiger partial charge in [0.15, 0.2) is 6.61 Å². The third-order valence-corrected chi connectivity index (χ3v) is 2.44. The number of ether oxygens (including phenoxy) is 1. The number of hydrogen-bond acceptors (Lipinski definition) is 4. The third kappa shape index (κ3) is 5.47. The highest BCUT2D eigenvalue weighted by Crippen LogP contribution is 2.06. The van der Waals surface area contributed by atoms with Gasteiger partial charge in [0.05, 0.1) is 0 Å². The van der Waals surface area contributed by atoms with Crippen LogP contribution in [-0.2, 0) is 25.5 Å². The van der Waals surface area contributed by atoms with E-state index in [0.717, 1.165) is 6.92 Å². The lowest BCUT2D eigenvalue weighted by molar-refractivity contribution is -0.146. The SMILES string of the molecule is CC(=O)OCC(=O)N[C@H](Cc1ccc(F)cc1)C(N)=O. The molecule has 0 heterocycles.